The Balaban J connectivity index is 2.24. The van der Waals surface area contributed by atoms with Gasteiger partial charge in [-0.25, -0.2) is 0 Å². The van der Waals surface area contributed by atoms with E-state index in [1.807, 2.05) is 19.1 Å². The minimum absolute atomic E-state index is 0.0721. The number of Topliss-reactive ketones (excluding diaryl/α,β-unsaturated/α-hetero) is 1. The minimum Gasteiger partial charge on any atom is -0.495 e. The summed E-state index contributed by atoms with van der Waals surface area (Å²) >= 11 is 6.54. The first-order chi connectivity index (χ1) is 11.8. The maximum Gasteiger partial charge on any atom is 0.162 e. The smallest absolute Gasteiger partial charge is 0.162 e. The number of carbonyl (C=O) groups is 1. The zero-order valence-corrected chi connectivity index (χ0v) is 15.6. The van der Waals surface area contributed by atoms with Gasteiger partial charge in [-0.15, -0.1) is 0 Å². The quantitative estimate of drug-likeness (QED) is 0.848. The zero-order valence-electron chi connectivity index (χ0n) is 14.9. The van der Waals surface area contributed by atoms with Crippen molar-refractivity contribution >= 4 is 17.4 Å². The molecule has 0 radical (unpaired) electrons. The van der Waals surface area contributed by atoms with Crippen LogP contribution < -0.4 is 10.1 Å². The maximum absolute atomic E-state index is 13.0. The first kappa shape index (κ1) is 17.6. The molecule has 25 heavy (non-hydrogen) atoms. The number of hydrogen-bond donors (Lipinski definition) is 1. The summed E-state index contributed by atoms with van der Waals surface area (Å²) in [5.41, 5.74) is 3.51. The van der Waals surface area contributed by atoms with Gasteiger partial charge in [0.15, 0.2) is 5.78 Å². The van der Waals surface area contributed by atoms with Crippen LogP contribution in [0.5, 0.6) is 5.75 Å². The highest BCUT2D eigenvalue weighted by atomic mass is 35.5. The molecular formula is C20H21ClN2O2. The molecule has 0 fully saturated rings. The molecule has 0 saturated carbocycles. The van der Waals surface area contributed by atoms with Gasteiger partial charge in [0.2, 0.25) is 0 Å². The van der Waals surface area contributed by atoms with Gasteiger partial charge in [-0.05, 0) is 30.4 Å². The second-order valence-corrected chi connectivity index (χ2v) is 7.78. The summed E-state index contributed by atoms with van der Waals surface area (Å²) in [6.07, 6.45) is 1.23. The normalized spacial score (nSPS) is 22.2. The molecule has 1 aliphatic carbocycles. The average Bonchev–Trinajstić information content (AvgIpc) is 2.52. The molecule has 2 aliphatic rings. The Hall–Kier alpha value is -2.25. The van der Waals surface area contributed by atoms with Gasteiger partial charge in [-0.3, -0.25) is 4.79 Å². The highest BCUT2D eigenvalue weighted by molar-refractivity contribution is 6.33. The molecule has 5 heteroatoms. The monoisotopic (exact) mass is 356 g/mol. The number of allylic oxidation sites excluding steroid dienone is 4. The number of carbonyl (C=O) groups excluding carboxylic acids is 1. The summed E-state index contributed by atoms with van der Waals surface area (Å²) < 4.78 is 5.32. The van der Waals surface area contributed by atoms with Gasteiger partial charge in [0.05, 0.1) is 29.7 Å². The van der Waals surface area contributed by atoms with Crippen LogP contribution in [0.25, 0.3) is 0 Å². The van der Waals surface area contributed by atoms with Crippen molar-refractivity contribution in [1.29, 1.82) is 5.26 Å². The van der Waals surface area contributed by atoms with Crippen LogP contribution >= 0.6 is 11.6 Å². The lowest BCUT2D eigenvalue weighted by molar-refractivity contribution is -0.118. The molecule has 0 bridgehead atoms. The SMILES string of the molecule is COc1cccc([C@@H]2C(C#N)=C(C)NC3=C2C(=O)CC(C)(C)C3)c1Cl. The highest BCUT2D eigenvalue weighted by Gasteiger charge is 2.41. The van der Waals surface area contributed by atoms with Crippen LogP contribution in [0.4, 0.5) is 0 Å². The molecule has 0 spiro atoms. The van der Waals surface area contributed by atoms with E-state index >= 15 is 0 Å². The molecule has 1 atom stereocenters. The Morgan fingerprint density at radius 1 is 1.36 bits per heavy atom. The van der Waals surface area contributed by atoms with E-state index in [0.717, 1.165) is 23.4 Å². The summed E-state index contributed by atoms with van der Waals surface area (Å²) in [5, 5.41) is 13.5. The third kappa shape index (κ3) is 2.94. The fourth-order valence-corrected chi connectivity index (χ4v) is 4.12. The summed E-state index contributed by atoms with van der Waals surface area (Å²) in [6, 6.07) is 7.75. The number of dihydropyridines is 1. The fraction of sp³-hybridized carbons (Fsp3) is 0.400. The van der Waals surface area contributed by atoms with Gasteiger partial charge in [0, 0.05) is 23.4 Å². The van der Waals surface area contributed by atoms with Gasteiger partial charge >= 0.3 is 0 Å². The van der Waals surface area contributed by atoms with E-state index in [0.29, 0.717) is 28.3 Å². The molecule has 1 aromatic rings. The van der Waals surface area contributed by atoms with Gasteiger partial charge in [-0.1, -0.05) is 37.6 Å². The largest absolute Gasteiger partial charge is 0.495 e. The predicted octanol–water partition coefficient (Wildman–Crippen LogP) is 4.48. The molecule has 1 N–H and O–H groups in total. The Kier molecular flexibility index (Phi) is 4.38. The zero-order chi connectivity index (χ0) is 18.4. The van der Waals surface area contributed by atoms with Crippen LogP contribution in [-0.4, -0.2) is 12.9 Å². The topological polar surface area (TPSA) is 62.1 Å². The lowest BCUT2D eigenvalue weighted by Crippen LogP contribution is -2.36. The second kappa shape index (κ2) is 6.24. The fourth-order valence-electron chi connectivity index (χ4n) is 3.80. The number of halogens is 1. The van der Waals surface area contributed by atoms with Crippen molar-refractivity contribution in [3.63, 3.8) is 0 Å². The number of methoxy groups -OCH3 is 1. The van der Waals surface area contributed by atoms with E-state index in [4.69, 9.17) is 16.3 Å². The van der Waals surface area contributed by atoms with Crippen molar-refractivity contribution in [3.8, 4) is 11.8 Å². The van der Waals surface area contributed by atoms with Gasteiger partial charge in [0.1, 0.15) is 5.75 Å². The number of ether oxygens (including phenoxy) is 1. The predicted molar refractivity (Wildman–Crippen MR) is 97.2 cm³/mol. The minimum atomic E-state index is -0.451. The average molecular weight is 357 g/mol. The Morgan fingerprint density at radius 3 is 2.72 bits per heavy atom. The number of nitrogens with zero attached hydrogens (tertiary/aromatic N) is 1. The number of ketones is 1. The van der Waals surface area contributed by atoms with Gasteiger partial charge in [-0.2, -0.15) is 5.26 Å². The molecule has 1 heterocycles. The number of hydrogen-bond acceptors (Lipinski definition) is 4. The molecule has 0 saturated heterocycles. The van der Waals surface area contributed by atoms with Crippen LogP contribution in [0.15, 0.2) is 40.7 Å². The molecule has 3 rings (SSSR count). The third-order valence-electron chi connectivity index (χ3n) is 4.88. The van der Waals surface area contributed by atoms with E-state index in [-0.39, 0.29) is 11.2 Å². The molecule has 0 amide bonds. The highest BCUT2D eigenvalue weighted by Crippen LogP contribution is 2.48. The van der Waals surface area contributed by atoms with Crippen LogP contribution in [0.1, 0.15) is 45.1 Å². The van der Waals surface area contributed by atoms with Gasteiger partial charge in [0.25, 0.3) is 0 Å². The summed E-state index contributed by atoms with van der Waals surface area (Å²) in [5.74, 6) is 0.161. The second-order valence-electron chi connectivity index (χ2n) is 7.41. The first-order valence-corrected chi connectivity index (χ1v) is 8.63. The van der Waals surface area contributed by atoms with Crippen molar-refractivity contribution < 1.29 is 9.53 Å². The third-order valence-corrected chi connectivity index (χ3v) is 5.29. The summed E-state index contributed by atoms with van der Waals surface area (Å²) in [6.45, 7) is 6.04. The van der Waals surface area contributed by atoms with Crippen LogP contribution in [0, 0.1) is 16.7 Å². The van der Waals surface area contributed by atoms with E-state index in [9.17, 15) is 10.1 Å². The van der Waals surface area contributed by atoms with Crippen molar-refractivity contribution in [2.45, 2.75) is 39.5 Å². The van der Waals surface area contributed by atoms with E-state index in [1.165, 1.54) is 0 Å². The van der Waals surface area contributed by atoms with Gasteiger partial charge < -0.3 is 10.1 Å². The number of rotatable bonds is 2. The molecular weight excluding hydrogens is 336 g/mol. The lowest BCUT2D eigenvalue weighted by Gasteiger charge is -2.39. The maximum atomic E-state index is 13.0. The van der Waals surface area contributed by atoms with Crippen LogP contribution in [0.3, 0.4) is 0 Å². The molecule has 1 aliphatic heterocycles. The van der Waals surface area contributed by atoms with Crippen molar-refractivity contribution in [2.75, 3.05) is 7.11 Å². The molecule has 1 aromatic carbocycles. The van der Waals surface area contributed by atoms with Crippen molar-refractivity contribution in [2.24, 2.45) is 5.41 Å². The first-order valence-electron chi connectivity index (χ1n) is 8.25. The molecule has 0 aromatic heterocycles. The Morgan fingerprint density at radius 2 is 2.08 bits per heavy atom. The Labute approximate surface area is 153 Å². The molecule has 130 valence electrons. The number of nitriles is 1. The summed E-state index contributed by atoms with van der Waals surface area (Å²) in [4.78, 5) is 13.0. The lowest BCUT2D eigenvalue weighted by atomic mass is 9.69. The summed E-state index contributed by atoms with van der Waals surface area (Å²) in [7, 11) is 1.55. The molecule has 4 nitrogen and oxygen atoms in total. The standard InChI is InChI=1S/C20H21ClN2O2/c1-11-13(10-22)17(12-6-5-7-16(25-4)19(12)21)18-14(23-11)8-20(2,3)9-15(18)24/h5-7,17,23H,8-9H2,1-4H3/t17-/m1/s1. The van der Waals surface area contributed by atoms with Crippen molar-refractivity contribution in [1.82, 2.24) is 5.32 Å². The Bertz CT molecular complexity index is 859. The van der Waals surface area contributed by atoms with E-state index < -0.39 is 5.92 Å². The number of nitrogens with one attached hydrogen (secondary N) is 1. The van der Waals surface area contributed by atoms with E-state index in [1.54, 1.807) is 13.2 Å². The number of benzene rings is 1. The van der Waals surface area contributed by atoms with E-state index in [2.05, 4.69) is 25.2 Å². The van der Waals surface area contributed by atoms with Crippen LogP contribution in [0.2, 0.25) is 5.02 Å². The van der Waals surface area contributed by atoms with Crippen LogP contribution in [-0.2, 0) is 4.79 Å². The molecule has 0 unspecified atom stereocenters. The van der Waals surface area contributed by atoms with Crippen molar-refractivity contribution in [3.05, 3.63) is 51.3 Å².